The normalized spacial score (nSPS) is 24.2. The van der Waals surface area contributed by atoms with Crippen molar-refractivity contribution in [2.45, 2.75) is 43.9 Å². The summed E-state index contributed by atoms with van der Waals surface area (Å²) >= 11 is 0. The minimum atomic E-state index is -4.48. The summed E-state index contributed by atoms with van der Waals surface area (Å²) in [6, 6.07) is -1.95. The average molecular weight is 317 g/mol. The summed E-state index contributed by atoms with van der Waals surface area (Å²) in [4.78, 5) is 11.4. The van der Waals surface area contributed by atoms with Crippen LogP contribution in [-0.4, -0.2) is 45.5 Å². The molecule has 0 aliphatic heterocycles. The van der Waals surface area contributed by atoms with Crippen molar-refractivity contribution in [3.05, 3.63) is 0 Å². The third-order valence-electron chi connectivity index (χ3n) is 2.90. The molecular weight excluding hydrogens is 299 g/mol. The lowest BCUT2D eigenvalue weighted by molar-refractivity contribution is -0.122. The van der Waals surface area contributed by atoms with Crippen LogP contribution in [0.25, 0.3) is 0 Å². The molecule has 1 saturated carbocycles. The van der Waals surface area contributed by atoms with Crippen molar-refractivity contribution in [1.82, 2.24) is 15.4 Å². The Kier molecular flexibility index (Phi) is 5.63. The Morgan fingerprint density at radius 1 is 1.20 bits per heavy atom. The van der Waals surface area contributed by atoms with Gasteiger partial charge in [-0.25, -0.2) is 17.9 Å². The van der Waals surface area contributed by atoms with Crippen LogP contribution in [0.2, 0.25) is 0 Å². The monoisotopic (exact) mass is 317 g/mol. The zero-order chi connectivity index (χ0) is 15.4. The van der Waals surface area contributed by atoms with Gasteiger partial charge in [-0.3, -0.25) is 0 Å². The number of hydrogen-bond acceptors (Lipinski definition) is 3. The molecule has 3 N–H and O–H groups in total. The molecule has 2 atom stereocenters. The SMILES string of the molecule is CS(=O)(=O)NC1CCCCC1NC(=O)NCC(F)(F)F. The van der Waals surface area contributed by atoms with E-state index in [4.69, 9.17) is 0 Å². The van der Waals surface area contributed by atoms with Crippen molar-refractivity contribution in [1.29, 1.82) is 0 Å². The van der Waals surface area contributed by atoms with Gasteiger partial charge >= 0.3 is 12.2 Å². The van der Waals surface area contributed by atoms with E-state index in [0.29, 0.717) is 12.8 Å². The molecule has 1 aliphatic carbocycles. The molecule has 6 nitrogen and oxygen atoms in total. The fourth-order valence-corrected chi connectivity index (χ4v) is 2.95. The van der Waals surface area contributed by atoms with Crippen molar-refractivity contribution in [3.63, 3.8) is 0 Å². The van der Waals surface area contributed by atoms with E-state index < -0.39 is 40.9 Å². The van der Waals surface area contributed by atoms with E-state index in [2.05, 4.69) is 10.0 Å². The van der Waals surface area contributed by atoms with E-state index in [1.54, 1.807) is 5.32 Å². The molecule has 1 rings (SSSR count). The summed E-state index contributed by atoms with van der Waals surface area (Å²) in [5.74, 6) is 0. The predicted molar refractivity (Wildman–Crippen MR) is 66.6 cm³/mol. The number of rotatable bonds is 4. The molecule has 0 aromatic rings. The van der Waals surface area contributed by atoms with Crippen molar-refractivity contribution < 1.29 is 26.4 Å². The lowest BCUT2D eigenvalue weighted by atomic mass is 9.91. The zero-order valence-electron chi connectivity index (χ0n) is 11.0. The Morgan fingerprint density at radius 3 is 2.25 bits per heavy atom. The lowest BCUT2D eigenvalue weighted by Crippen LogP contribution is -2.55. The van der Waals surface area contributed by atoms with E-state index in [-0.39, 0.29) is 0 Å². The van der Waals surface area contributed by atoms with E-state index in [1.165, 1.54) is 0 Å². The van der Waals surface area contributed by atoms with Crippen molar-refractivity contribution in [3.8, 4) is 0 Å². The number of carbonyl (C=O) groups is 1. The van der Waals surface area contributed by atoms with Crippen molar-refractivity contribution in [2.24, 2.45) is 0 Å². The van der Waals surface area contributed by atoms with Crippen molar-refractivity contribution >= 4 is 16.1 Å². The first kappa shape index (κ1) is 17.0. The second-order valence-corrected chi connectivity index (χ2v) is 6.61. The van der Waals surface area contributed by atoms with Crippen LogP contribution in [0.4, 0.5) is 18.0 Å². The van der Waals surface area contributed by atoms with Crippen LogP contribution < -0.4 is 15.4 Å². The summed E-state index contributed by atoms with van der Waals surface area (Å²) in [5, 5.41) is 4.09. The lowest BCUT2D eigenvalue weighted by Gasteiger charge is -2.32. The van der Waals surface area contributed by atoms with Gasteiger partial charge in [0.05, 0.1) is 6.26 Å². The maximum Gasteiger partial charge on any atom is 0.405 e. The molecule has 0 radical (unpaired) electrons. The minimum absolute atomic E-state index is 0.490. The Labute approximate surface area is 115 Å². The molecule has 0 heterocycles. The van der Waals surface area contributed by atoms with Gasteiger partial charge in [-0.2, -0.15) is 13.2 Å². The number of hydrogen-bond donors (Lipinski definition) is 3. The van der Waals surface area contributed by atoms with Gasteiger partial charge in [0.2, 0.25) is 10.0 Å². The fraction of sp³-hybridized carbons (Fsp3) is 0.900. The average Bonchev–Trinajstić information content (AvgIpc) is 2.26. The number of nitrogens with one attached hydrogen (secondary N) is 3. The Balaban J connectivity index is 2.52. The van der Waals surface area contributed by atoms with Gasteiger partial charge < -0.3 is 10.6 Å². The first-order valence-corrected chi connectivity index (χ1v) is 8.04. The van der Waals surface area contributed by atoms with Crippen LogP contribution in [0.5, 0.6) is 0 Å². The number of alkyl halides is 3. The highest BCUT2D eigenvalue weighted by atomic mass is 32.2. The second kappa shape index (κ2) is 6.61. The van der Waals surface area contributed by atoms with E-state index in [1.807, 2.05) is 0 Å². The Bertz CT molecular complexity index is 439. The molecule has 0 bridgehead atoms. The third kappa shape index (κ3) is 6.94. The highest BCUT2D eigenvalue weighted by Crippen LogP contribution is 2.19. The van der Waals surface area contributed by atoms with Crippen molar-refractivity contribution in [2.75, 3.05) is 12.8 Å². The van der Waals surface area contributed by atoms with Crippen LogP contribution in [0, 0.1) is 0 Å². The van der Waals surface area contributed by atoms with Crippen LogP contribution in [-0.2, 0) is 10.0 Å². The topological polar surface area (TPSA) is 87.3 Å². The number of sulfonamides is 1. The standard InChI is InChI=1S/C10H18F3N3O3S/c1-20(18,19)16-8-5-3-2-4-7(8)15-9(17)14-6-10(11,12)13/h7-8,16H,2-6H2,1H3,(H2,14,15,17). The van der Waals surface area contributed by atoms with Gasteiger partial charge in [0, 0.05) is 12.1 Å². The van der Waals surface area contributed by atoms with Gasteiger partial charge in [-0.15, -0.1) is 0 Å². The van der Waals surface area contributed by atoms with E-state index in [9.17, 15) is 26.4 Å². The molecular formula is C10H18F3N3O3S. The summed E-state index contributed by atoms with van der Waals surface area (Å²) in [6.45, 7) is -1.42. The van der Waals surface area contributed by atoms with Gasteiger partial charge in [-0.1, -0.05) is 12.8 Å². The summed E-state index contributed by atoms with van der Waals surface area (Å²) in [5.41, 5.74) is 0. The fourth-order valence-electron chi connectivity index (χ4n) is 2.12. The minimum Gasteiger partial charge on any atom is -0.334 e. The third-order valence-corrected chi connectivity index (χ3v) is 3.63. The predicted octanol–water partition coefficient (Wildman–Crippen LogP) is 0.708. The maximum atomic E-state index is 12.0. The highest BCUT2D eigenvalue weighted by molar-refractivity contribution is 7.88. The Hall–Kier alpha value is -1.03. The molecule has 2 unspecified atom stereocenters. The molecule has 2 amide bonds. The van der Waals surface area contributed by atoms with E-state index >= 15 is 0 Å². The molecule has 1 aliphatic rings. The number of halogens is 3. The molecule has 0 aromatic heterocycles. The van der Waals surface area contributed by atoms with Gasteiger partial charge in [0.1, 0.15) is 6.54 Å². The van der Waals surface area contributed by atoms with Crippen LogP contribution in [0.3, 0.4) is 0 Å². The molecule has 10 heteroatoms. The summed E-state index contributed by atoms with van der Waals surface area (Å²) < 4.78 is 60.7. The Morgan fingerprint density at radius 2 is 1.75 bits per heavy atom. The molecule has 118 valence electrons. The first-order valence-electron chi connectivity index (χ1n) is 6.15. The largest absolute Gasteiger partial charge is 0.405 e. The second-order valence-electron chi connectivity index (χ2n) is 4.83. The molecule has 0 saturated heterocycles. The molecule has 20 heavy (non-hydrogen) atoms. The summed E-state index contributed by atoms with van der Waals surface area (Å²) in [7, 11) is -3.43. The van der Waals surface area contributed by atoms with Crippen LogP contribution >= 0.6 is 0 Å². The maximum absolute atomic E-state index is 12.0. The van der Waals surface area contributed by atoms with Gasteiger partial charge in [0.25, 0.3) is 0 Å². The zero-order valence-corrected chi connectivity index (χ0v) is 11.8. The van der Waals surface area contributed by atoms with Gasteiger partial charge in [-0.05, 0) is 12.8 Å². The van der Waals surface area contributed by atoms with Crippen LogP contribution in [0.15, 0.2) is 0 Å². The number of amides is 2. The quantitative estimate of drug-likeness (QED) is 0.713. The number of carbonyl (C=O) groups excluding carboxylic acids is 1. The highest BCUT2D eigenvalue weighted by Gasteiger charge is 2.31. The van der Waals surface area contributed by atoms with Crippen LogP contribution in [0.1, 0.15) is 25.7 Å². The molecule has 0 aromatic carbocycles. The van der Waals surface area contributed by atoms with E-state index in [0.717, 1.165) is 19.1 Å². The molecule has 0 spiro atoms. The smallest absolute Gasteiger partial charge is 0.334 e. The van der Waals surface area contributed by atoms with Gasteiger partial charge in [0.15, 0.2) is 0 Å². The molecule has 1 fully saturated rings. The number of urea groups is 1. The first-order chi connectivity index (χ1) is 9.07. The summed E-state index contributed by atoms with van der Waals surface area (Å²) in [6.07, 6.45) is -0.831.